The molecule has 5 heteroatoms. The van der Waals surface area contributed by atoms with E-state index in [-0.39, 0.29) is 5.91 Å². The van der Waals surface area contributed by atoms with Crippen molar-refractivity contribution in [3.63, 3.8) is 0 Å². The average molecular weight is 261 g/mol. The molecule has 1 amide bonds. The van der Waals surface area contributed by atoms with Crippen molar-refractivity contribution in [3.05, 3.63) is 29.6 Å². The van der Waals surface area contributed by atoms with Crippen molar-refractivity contribution in [3.8, 4) is 0 Å². The lowest BCUT2D eigenvalue weighted by molar-refractivity contribution is 0.0937. The summed E-state index contributed by atoms with van der Waals surface area (Å²) in [5.41, 5.74) is 2.41. The van der Waals surface area contributed by atoms with Crippen LogP contribution in [0.5, 0.6) is 0 Å². The quantitative estimate of drug-likeness (QED) is 0.810. The maximum atomic E-state index is 11.9. The molecule has 0 fully saturated rings. The summed E-state index contributed by atoms with van der Waals surface area (Å²) in [7, 11) is 1.61. The van der Waals surface area contributed by atoms with Crippen molar-refractivity contribution >= 4 is 16.9 Å². The number of aromatic amines is 1. The second-order valence-electron chi connectivity index (χ2n) is 4.76. The molecular weight excluding hydrogens is 242 g/mol. The molecule has 0 aliphatic carbocycles. The van der Waals surface area contributed by atoms with E-state index in [0.29, 0.717) is 24.6 Å². The third-order valence-corrected chi connectivity index (χ3v) is 2.90. The van der Waals surface area contributed by atoms with Crippen LogP contribution in [-0.4, -0.2) is 36.1 Å². The molecule has 0 aliphatic rings. The summed E-state index contributed by atoms with van der Waals surface area (Å²) in [6.07, 6.45) is 0. The van der Waals surface area contributed by atoms with Gasteiger partial charge < -0.3 is 15.0 Å². The van der Waals surface area contributed by atoms with Gasteiger partial charge in [-0.2, -0.15) is 0 Å². The summed E-state index contributed by atoms with van der Waals surface area (Å²) in [5.74, 6) is 1.18. The Morgan fingerprint density at radius 3 is 2.95 bits per heavy atom. The van der Waals surface area contributed by atoms with Gasteiger partial charge in [-0.1, -0.05) is 13.8 Å². The van der Waals surface area contributed by atoms with E-state index < -0.39 is 0 Å². The maximum Gasteiger partial charge on any atom is 0.251 e. The Morgan fingerprint density at radius 2 is 2.26 bits per heavy atom. The topological polar surface area (TPSA) is 67.0 Å². The van der Waals surface area contributed by atoms with E-state index in [0.717, 1.165) is 16.9 Å². The zero-order valence-corrected chi connectivity index (χ0v) is 11.5. The Balaban J connectivity index is 2.18. The normalized spacial score (nSPS) is 11.2. The molecule has 0 unspecified atom stereocenters. The first-order chi connectivity index (χ1) is 9.11. The van der Waals surface area contributed by atoms with Crippen molar-refractivity contribution in [2.24, 2.45) is 0 Å². The van der Waals surface area contributed by atoms with Gasteiger partial charge in [0.25, 0.3) is 5.91 Å². The Labute approximate surface area is 112 Å². The van der Waals surface area contributed by atoms with Gasteiger partial charge >= 0.3 is 0 Å². The van der Waals surface area contributed by atoms with Crippen molar-refractivity contribution in [1.29, 1.82) is 0 Å². The zero-order chi connectivity index (χ0) is 13.8. The summed E-state index contributed by atoms with van der Waals surface area (Å²) in [6, 6.07) is 5.48. The predicted octanol–water partition coefficient (Wildman–Crippen LogP) is 2.06. The van der Waals surface area contributed by atoms with Crippen LogP contribution in [0.2, 0.25) is 0 Å². The molecule has 1 aromatic carbocycles. The van der Waals surface area contributed by atoms with Crippen molar-refractivity contribution in [1.82, 2.24) is 15.3 Å². The van der Waals surface area contributed by atoms with E-state index in [1.54, 1.807) is 13.2 Å². The Bertz CT molecular complexity index is 575. The molecule has 0 aliphatic heterocycles. The first-order valence-electron chi connectivity index (χ1n) is 6.38. The molecule has 0 atom stereocenters. The lowest BCUT2D eigenvalue weighted by atomic mass is 10.2. The SMILES string of the molecule is COCCNC(=O)c1ccc2nc(C(C)C)[nH]c2c1. The summed E-state index contributed by atoms with van der Waals surface area (Å²) in [4.78, 5) is 19.6. The number of nitrogens with zero attached hydrogens (tertiary/aromatic N) is 1. The number of aromatic nitrogens is 2. The number of H-pyrrole nitrogens is 1. The molecular formula is C14H19N3O2. The van der Waals surface area contributed by atoms with Crippen LogP contribution in [-0.2, 0) is 4.74 Å². The number of benzene rings is 1. The number of carbonyl (C=O) groups excluding carboxylic acids is 1. The van der Waals surface area contributed by atoms with E-state index >= 15 is 0 Å². The number of ether oxygens (including phenoxy) is 1. The van der Waals surface area contributed by atoms with E-state index in [1.807, 2.05) is 12.1 Å². The molecule has 2 N–H and O–H groups in total. The minimum atomic E-state index is -0.0975. The first kappa shape index (κ1) is 13.5. The number of amides is 1. The lowest BCUT2D eigenvalue weighted by Gasteiger charge is -2.04. The number of hydrogen-bond acceptors (Lipinski definition) is 3. The average Bonchev–Trinajstić information content (AvgIpc) is 2.81. The van der Waals surface area contributed by atoms with Crippen LogP contribution in [0, 0.1) is 0 Å². The molecule has 0 saturated carbocycles. The number of imidazole rings is 1. The third-order valence-electron chi connectivity index (χ3n) is 2.90. The van der Waals surface area contributed by atoms with Crippen LogP contribution in [0.15, 0.2) is 18.2 Å². The van der Waals surface area contributed by atoms with Crippen molar-refractivity contribution in [2.45, 2.75) is 19.8 Å². The molecule has 102 valence electrons. The number of rotatable bonds is 5. The number of fused-ring (bicyclic) bond motifs is 1. The van der Waals surface area contributed by atoms with Gasteiger partial charge in [0.1, 0.15) is 5.82 Å². The Kier molecular flexibility index (Phi) is 4.16. The van der Waals surface area contributed by atoms with Gasteiger partial charge in [0.2, 0.25) is 0 Å². The highest BCUT2D eigenvalue weighted by Crippen LogP contribution is 2.18. The van der Waals surface area contributed by atoms with Crippen LogP contribution >= 0.6 is 0 Å². The second-order valence-corrected chi connectivity index (χ2v) is 4.76. The van der Waals surface area contributed by atoms with Gasteiger partial charge in [-0.15, -0.1) is 0 Å². The van der Waals surface area contributed by atoms with Gasteiger partial charge in [-0.25, -0.2) is 4.98 Å². The van der Waals surface area contributed by atoms with Crippen LogP contribution in [0.25, 0.3) is 11.0 Å². The van der Waals surface area contributed by atoms with E-state index in [2.05, 4.69) is 29.1 Å². The predicted molar refractivity (Wildman–Crippen MR) is 74.4 cm³/mol. The van der Waals surface area contributed by atoms with Crippen molar-refractivity contribution < 1.29 is 9.53 Å². The van der Waals surface area contributed by atoms with E-state index in [4.69, 9.17) is 4.74 Å². The van der Waals surface area contributed by atoms with Gasteiger partial charge in [0.05, 0.1) is 17.6 Å². The van der Waals surface area contributed by atoms with E-state index in [9.17, 15) is 4.79 Å². The molecule has 1 aromatic heterocycles. The number of carbonyl (C=O) groups is 1. The summed E-state index contributed by atoms with van der Waals surface area (Å²) < 4.78 is 4.90. The second kappa shape index (κ2) is 5.84. The molecule has 1 heterocycles. The fourth-order valence-electron chi connectivity index (χ4n) is 1.81. The summed E-state index contributed by atoms with van der Waals surface area (Å²) >= 11 is 0. The van der Waals surface area contributed by atoms with Crippen LogP contribution < -0.4 is 5.32 Å². The summed E-state index contributed by atoms with van der Waals surface area (Å²) in [6.45, 7) is 5.18. The summed E-state index contributed by atoms with van der Waals surface area (Å²) in [5, 5.41) is 2.80. The first-order valence-corrected chi connectivity index (χ1v) is 6.38. The van der Waals surface area contributed by atoms with Crippen LogP contribution in [0.1, 0.15) is 35.9 Å². The highest BCUT2D eigenvalue weighted by Gasteiger charge is 2.10. The monoisotopic (exact) mass is 261 g/mol. The number of nitrogens with one attached hydrogen (secondary N) is 2. The van der Waals surface area contributed by atoms with Gasteiger partial charge in [0, 0.05) is 25.1 Å². The third kappa shape index (κ3) is 3.12. The fourth-order valence-corrected chi connectivity index (χ4v) is 1.81. The molecule has 2 rings (SSSR count). The molecule has 19 heavy (non-hydrogen) atoms. The fraction of sp³-hybridized carbons (Fsp3) is 0.429. The standard InChI is InChI=1S/C14H19N3O2/c1-9(2)13-16-11-5-4-10(8-12(11)17-13)14(18)15-6-7-19-3/h4-5,8-9H,6-7H2,1-3H3,(H,15,18)(H,16,17). The highest BCUT2D eigenvalue weighted by molar-refractivity contribution is 5.97. The van der Waals surface area contributed by atoms with E-state index in [1.165, 1.54) is 0 Å². The molecule has 5 nitrogen and oxygen atoms in total. The minimum Gasteiger partial charge on any atom is -0.383 e. The van der Waals surface area contributed by atoms with Crippen molar-refractivity contribution in [2.75, 3.05) is 20.3 Å². The largest absolute Gasteiger partial charge is 0.383 e. The maximum absolute atomic E-state index is 11.9. The minimum absolute atomic E-state index is 0.0975. The zero-order valence-electron chi connectivity index (χ0n) is 11.5. The highest BCUT2D eigenvalue weighted by atomic mass is 16.5. The molecule has 0 bridgehead atoms. The smallest absolute Gasteiger partial charge is 0.251 e. The van der Waals surface area contributed by atoms with Crippen LogP contribution in [0.3, 0.4) is 0 Å². The number of hydrogen-bond donors (Lipinski definition) is 2. The molecule has 0 radical (unpaired) electrons. The lowest BCUT2D eigenvalue weighted by Crippen LogP contribution is -2.26. The molecule has 0 saturated heterocycles. The molecule has 2 aromatic rings. The Morgan fingerprint density at radius 1 is 1.47 bits per heavy atom. The van der Waals surface area contributed by atoms with Gasteiger partial charge in [0.15, 0.2) is 0 Å². The van der Waals surface area contributed by atoms with Gasteiger partial charge in [-0.05, 0) is 18.2 Å². The van der Waals surface area contributed by atoms with Crippen LogP contribution in [0.4, 0.5) is 0 Å². The number of methoxy groups -OCH3 is 1. The van der Waals surface area contributed by atoms with Gasteiger partial charge in [-0.3, -0.25) is 4.79 Å². The Hall–Kier alpha value is -1.88. The molecule has 0 spiro atoms.